The molecule has 0 aromatic rings. The predicted octanol–water partition coefficient (Wildman–Crippen LogP) is 3.40. The fraction of sp³-hybridized carbons (Fsp3) is 1.00. The van der Waals surface area contributed by atoms with Crippen LogP contribution in [0.1, 0.15) is 82.1 Å². The minimum absolute atomic E-state index is 0.0908. The van der Waals surface area contributed by atoms with Crippen LogP contribution in [0.15, 0.2) is 0 Å². The third-order valence-corrected chi connectivity index (χ3v) is 7.10. The normalized spacial score (nSPS) is 19.5. The van der Waals surface area contributed by atoms with Gasteiger partial charge >= 0.3 is 0 Å². The van der Waals surface area contributed by atoms with E-state index in [4.69, 9.17) is 42.6 Å². The van der Waals surface area contributed by atoms with Crippen LogP contribution >= 0.6 is 0 Å². The zero-order valence-electron chi connectivity index (χ0n) is 30.6. The van der Waals surface area contributed by atoms with Gasteiger partial charge in [0.2, 0.25) is 0 Å². The third kappa shape index (κ3) is 25.5. The van der Waals surface area contributed by atoms with Gasteiger partial charge in [0.25, 0.3) is 0 Å². The second-order valence-electron chi connectivity index (χ2n) is 13.0. The van der Waals surface area contributed by atoms with Gasteiger partial charge in [-0.05, 0) is 68.2 Å². The van der Waals surface area contributed by atoms with Crippen LogP contribution in [0.4, 0.5) is 0 Å². The fourth-order valence-electron chi connectivity index (χ4n) is 4.03. The van der Waals surface area contributed by atoms with Crippen molar-refractivity contribution in [3.05, 3.63) is 0 Å². The van der Waals surface area contributed by atoms with Gasteiger partial charge < -0.3 is 58.0 Å². The average Bonchev–Trinajstić information content (AvgIpc) is 3.00. The average molecular weight is 671 g/mol. The summed E-state index contributed by atoms with van der Waals surface area (Å²) in [5.41, 5.74) is -0.396. The fourth-order valence-corrected chi connectivity index (χ4v) is 4.03. The SMILES string of the molecule is CCC(COCC(CC)(COCC(C)OCC(C)OCC(C)O)COCC(C)OCC(C)OCC(C)O)OCC(C)OCC(C)O. The molecule has 0 aliphatic heterocycles. The van der Waals surface area contributed by atoms with Crippen molar-refractivity contribution in [3.8, 4) is 0 Å². The largest absolute Gasteiger partial charge is 0.391 e. The summed E-state index contributed by atoms with van der Waals surface area (Å²) >= 11 is 0. The van der Waals surface area contributed by atoms with Gasteiger partial charge in [-0.2, -0.15) is 0 Å². The highest BCUT2D eigenvalue weighted by Crippen LogP contribution is 2.25. The number of aliphatic hydroxyl groups is 3. The Kier molecular flexibility index (Phi) is 27.1. The first kappa shape index (κ1) is 45.5. The maximum Gasteiger partial charge on any atom is 0.0807 e. The molecule has 278 valence electrons. The van der Waals surface area contributed by atoms with Crippen molar-refractivity contribution in [3.63, 3.8) is 0 Å². The Hall–Kier alpha value is -0.480. The summed E-state index contributed by atoms with van der Waals surface area (Å²) in [7, 11) is 0. The van der Waals surface area contributed by atoms with E-state index in [1.807, 2.05) is 34.6 Å². The molecule has 0 amide bonds. The Morgan fingerprint density at radius 3 is 1.04 bits per heavy atom. The van der Waals surface area contributed by atoms with Crippen LogP contribution in [0, 0.1) is 5.41 Å². The van der Waals surface area contributed by atoms with Gasteiger partial charge in [-0.25, -0.2) is 0 Å². The van der Waals surface area contributed by atoms with Crippen molar-refractivity contribution in [2.75, 3.05) is 79.3 Å². The van der Waals surface area contributed by atoms with E-state index in [1.165, 1.54) is 0 Å². The lowest BCUT2D eigenvalue weighted by molar-refractivity contribution is -0.123. The van der Waals surface area contributed by atoms with E-state index in [0.717, 1.165) is 12.8 Å². The zero-order valence-corrected chi connectivity index (χ0v) is 30.6. The maximum atomic E-state index is 9.45. The van der Waals surface area contributed by atoms with Crippen LogP contribution in [0.5, 0.6) is 0 Å². The molecule has 0 aliphatic rings. The highest BCUT2D eigenvalue weighted by molar-refractivity contribution is 4.79. The molecule has 0 aromatic heterocycles. The summed E-state index contributed by atoms with van der Waals surface area (Å²) in [4.78, 5) is 0. The first-order chi connectivity index (χ1) is 21.7. The van der Waals surface area contributed by atoms with Crippen molar-refractivity contribution < 1.29 is 58.0 Å². The van der Waals surface area contributed by atoms with E-state index in [-0.39, 0.29) is 56.4 Å². The van der Waals surface area contributed by atoms with Gasteiger partial charge in [-0.15, -0.1) is 0 Å². The molecule has 0 bridgehead atoms. The van der Waals surface area contributed by atoms with Gasteiger partial charge in [-0.3, -0.25) is 0 Å². The molecule has 0 rings (SSSR count). The van der Waals surface area contributed by atoms with Crippen LogP contribution < -0.4 is 0 Å². The van der Waals surface area contributed by atoms with Crippen molar-refractivity contribution in [2.45, 2.75) is 137 Å². The van der Waals surface area contributed by atoms with Crippen molar-refractivity contribution in [1.82, 2.24) is 0 Å². The topological polar surface area (TPSA) is 144 Å². The molecule has 12 nitrogen and oxygen atoms in total. The van der Waals surface area contributed by atoms with E-state index in [1.54, 1.807) is 20.8 Å². The molecular weight excluding hydrogens is 600 g/mol. The molecular formula is C34H70O12. The van der Waals surface area contributed by atoms with E-state index in [9.17, 15) is 15.3 Å². The molecule has 12 heteroatoms. The summed E-state index contributed by atoms with van der Waals surface area (Å²) in [6.45, 7) is 23.5. The van der Waals surface area contributed by atoms with Gasteiger partial charge in [0.15, 0.2) is 0 Å². The van der Waals surface area contributed by atoms with E-state index in [0.29, 0.717) is 59.5 Å². The molecule has 9 atom stereocenters. The Bertz CT molecular complexity index is 647. The van der Waals surface area contributed by atoms with Crippen molar-refractivity contribution in [2.24, 2.45) is 5.41 Å². The summed E-state index contributed by atoms with van der Waals surface area (Å²) in [6, 6.07) is 0. The van der Waals surface area contributed by atoms with E-state index in [2.05, 4.69) is 13.8 Å². The molecule has 0 fully saturated rings. The van der Waals surface area contributed by atoms with Crippen LogP contribution in [-0.4, -0.2) is 150 Å². The summed E-state index contributed by atoms with van der Waals surface area (Å²) in [5, 5.41) is 28.3. The van der Waals surface area contributed by atoms with Gasteiger partial charge in [-0.1, -0.05) is 13.8 Å². The van der Waals surface area contributed by atoms with Crippen molar-refractivity contribution in [1.29, 1.82) is 0 Å². The monoisotopic (exact) mass is 670 g/mol. The molecule has 0 saturated heterocycles. The molecule has 0 saturated carbocycles. The summed E-state index contributed by atoms with van der Waals surface area (Å²) in [6.07, 6.45) is -0.750. The number of ether oxygens (including phenoxy) is 9. The van der Waals surface area contributed by atoms with E-state index < -0.39 is 23.7 Å². The summed E-state index contributed by atoms with van der Waals surface area (Å²) in [5.74, 6) is 0. The lowest BCUT2D eigenvalue weighted by Gasteiger charge is -2.33. The van der Waals surface area contributed by atoms with Crippen LogP contribution in [0.25, 0.3) is 0 Å². The lowest BCUT2D eigenvalue weighted by atomic mass is 9.88. The predicted molar refractivity (Wildman–Crippen MR) is 177 cm³/mol. The minimum atomic E-state index is -0.514. The summed E-state index contributed by atoms with van der Waals surface area (Å²) < 4.78 is 53.2. The number of hydrogen-bond donors (Lipinski definition) is 3. The van der Waals surface area contributed by atoms with Gasteiger partial charge in [0.05, 0.1) is 134 Å². The standard InChI is InChI=1S/C34H70O12/c1-11-33(46-20-32(10)43-15-27(5)37)21-40-24-34(12-2,22-38-16-28(6)44-18-30(8)41-13-25(3)35)23-39-17-29(7)45-19-31(9)42-14-26(4)36/h25-33,35-37H,11-24H2,1-10H3. The van der Waals surface area contributed by atoms with Crippen molar-refractivity contribution >= 4 is 0 Å². The molecule has 9 unspecified atom stereocenters. The van der Waals surface area contributed by atoms with Gasteiger partial charge in [0, 0.05) is 5.41 Å². The maximum absolute atomic E-state index is 9.45. The Morgan fingerprint density at radius 1 is 0.413 bits per heavy atom. The number of hydrogen-bond acceptors (Lipinski definition) is 12. The number of aliphatic hydroxyl groups excluding tert-OH is 3. The Balaban J connectivity index is 5.01. The van der Waals surface area contributed by atoms with Crippen LogP contribution in [-0.2, 0) is 42.6 Å². The first-order valence-corrected chi connectivity index (χ1v) is 17.2. The zero-order chi connectivity index (χ0) is 35.0. The molecule has 0 aromatic carbocycles. The quantitative estimate of drug-likeness (QED) is 0.0965. The Labute approximate surface area is 279 Å². The minimum Gasteiger partial charge on any atom is -0.391 e. The Morgan fingerprint density at radius 2 is 0.717 bits per heavy atom. The molecule has 0 heterocycles. The highest BCUT2D eigenvalue weighted by Gasteiger charge is 2.31. The second-order valence-corrected chi connectivity index (χ2v) is 13.0. The molecule has 0 radical (unpaired) electrons. The molecule has 0 spiro atoms. The van der Waals surface area contributed by atoms with Crippen LogP contribution in [0.3, 0.4) is 0 Å². The lowest BCUT2D eigenvalue weighted by Crippen LogP contribution is -2.39. The molecule has 46 heavy (non-hydrogen) atoms. The first-order valence-electron chi connectivity index (χ1n) is 17.2. The van der Waals surface area contributed by atoms with Crippen LogP contribution in [0.2, 0.25) is 0 Å². The molecule has 0 aliphatic carbocycles. The number of rotatable bonds is 32. The highest BCUT2D eigenvalue weighted by atomic mass is 16.6. The van der Waals surface area contributed by atoms with Gasteiger partial charge in [0.1, 0.15) is 0 Å². The molecule has 3 N–H and O–H groups in total. The smallest absolute Gasteiger partial charge is 0.0807 e. The van der Waals surface area contributed by atoms with E-state index >= 15 is 0 Å². The second kappa shape index (κ2) is 27.4. The third-order valence-electron chi connectivity index (χ3n) is 7.10.